The molecule has 1 aromatic heterocycles. The normalized spacial score (nSPS) is 11.8. The third-order valence-electron chi connectivity index (χ3n) is 4.40. The molecule has 2 aromatic rings. The number of nitrogens with zero attached hydrogens (tertiary/aromatic N) is 4. The van der Waals surface area contributed by atoms with E-state index in [1.54, 1.807) is 7.05 Å². The molecule has 0 aliphatic rings. The van der Waals surface area contributed by atoms with Crippen molar-refractivity contribution in [1.82, 2.24) is 25.4 Å². The van der Waals surface area contributed by atoms with E-state index in [1.165, 1.54) is 11.1 Å². The molecular weight excluding hydrogens is 312 g/mol. The largest absolute Gasteiger partial charge is 0.356 e. The summed E-state index contributed by atoms with van der Waals surface area (Å²) in [5.41, 5.74) is 2.77. The Morgan fingerprint density at radius 3 is 2.44 bits per heavy atom. The number of nitrogens with one attached hydrogen (secondary N) is 2. The highest BCUT2D eigenvalue weighted by Crippen LogP contribution is 2.15. The number of aromatic nitrogens is 3. The van der Waals surface area contributed by atoms with E-state index in [9.17, 15) is 0 Å². The molecule has 0 unspecified atom stereocenters. The molecule has 0 radical (unpaired) electrons. The maximum atomic E-state index is 4.25. The van der Waals surface area contributed by atoms with Gasteiger partial charge in [0.05, 0.1) is 6.54 Å². The van der Waals surface area contributed by atoms with Gasteiger partial charge in [0.15, 0.2) is 11.8 Å². The summed E-state index contributed by atoms with van der Waals surface area (Å²) in [5, 5.41) is 14.8. The van der Waals surface area contributed by atoms with Crippen LogP contribution in [0.2, 0.25) is 0 Å². The molecule has 1 heterocycles. The third kappa shape index (κ3) is 5.59. The number of hydrogen-bond donors (Lipinski definition) is 2. The summed E-state index contributed by atoms with van der Waals surface area (Å²) in [6, 6.07) is 8.94. The topological polar surface area (TPSA) is 67.1 Å². The van der Waals surface area contributed by atoms with Crippen LogP contribution in [0.5, 0.6) is 0 Å². The second-order valence-electron chi connectivity index (χ2n) is 6.57. The van der Waals surface area contributed by atoms with Crippen LogP contribution in [0.25, 0.3) is 0 Å². The van der Waals surface area contributed by atoms with Crippen molar-refractivity contribution in [2.45, 2.75) is 46.1 Å². The minimum atomic E-state index is 0.586. The molecular formula is C19H30N6. The molecule has 0 aliphatic carbocycles. The lowest BCUT2D eigenvalue weighted by molar-refractivity contribution is 0.704. The highest BCUT2D eigenvalue weighted by Gasteiger charge is 2.05. The first-order valence-corrected chi connectivity index (χ1v) is 8.89. The molecule has 0 saturated carbocycles. The number of hydrogen-bond acceptors (Lipinski definition) is 3. The summed E-state index contributed by atoms with van der Waals surface area (Å²) in [4.78, 5) is 4.25. The van der Waals surface area contributed by atoms with E-state index in [1.807, 2.05) is 18.5 Å². The van der Waals surface area contributed by atoms with Crippen molar-refractivity contribution < 1.29 is 0 Å². The van der Waals surface area contributed by atoms with Crippen molar-refractivity contribution in [1.29, 1.82) is 0 Å². The first kappa shape index (κ1) is 19.0. The Morgan fingerprint density at radius 2 is 1.88 bits per heavy atom. The Bertz CT molecular complexity index is 684. The molecule has 136 valence electrons. The highest BCUT2D eigenvalue weighted by molar-refractivity contribution is 5.79. The Labute approximate surface area is 150 Å². The Morgan fingerprint density at radius 1 is 1.16 bits per heavy atom. The van der Waals surface area contributed by atoms with Gasteiger partial charge in [0.25, 0.3) is 0 Å². The molecule has 6 heteroatoms. The van der Waals surface area contributed by atoms with Crippen LogP contribution in [-0.4, -0.2) is 34.3 Å². The van der Waals surface area contributed by atoms with Gasteiger partial charge < -0.3 is 15.2 Å². The van der Waals surface area contributed by atoms with Gasteiger partial charge in [-0.3, -0.25) is 4.99 Å². The van der Waals surface area contributed by atoms with Gasteiger partial charge in [0, 0.05) is 20.6 Å². The first-order valence-electron chi connectivity index (χ1n) is 8.89. The fraction of sp³-hybridized carbons (Fsp3) is 0.526. The molecule has 0 amide bonds. The number of guanidine groups is 1. The van der Waals surface area contributed by atoms with Crippen LogP contribution in [0, 0.1) is 6.92 Å². The molecule has 2 rings (SSSR count). The van der Waals surface area contributed by atoms with Crippen molar-refractivity contribution in [3.63, 3.8) is 0 Å². The van der Waals surface area contributed by atoms with Crippen LogP contribution < -0.4 is 10.6 Å². The number of benzene rings is 1. The number of aliphatic imine (C=N–C) groups is 1. The van der Waals surface area contributed by atoms with Crippen molar-refractivity contribution in [2.24, 2.45) is 12.0 Å². The summed E-state index contributed by atoms with van der Waals surface area (Å²) < 4.78 is 1.97. The van der Waals surface area contributed by atoms with Crippen LogP contribution in [-0.2, 0) is 20.0 Å². The zero-order chi connectivity index (χ0) is 18.2. The molecule has 2 N–H and O–H groups in total. The zero-order valence-corrected chi connectivity index (χ0v) is 16.0. The molecule has 25 heavy (non-hydrogen) atoms. The van der Waals surface area contributed by atoms with Crippen LogP contribution in [0.4, 0.5) is 0 Å². The van der Waals surface area contributed by atoms with Gasteiger partial charge >= 0.3 is 0 Å². The van der Waals surface area contributed by atoms with Crippen molar-refractivity contribution in [3.05, 3.63) is 47.0 Å². The van der Waals surface area contributed by atoms with Gasteiger partial charge in [-0.2, -0.15) is 0 Å². The van der Waals surface area contributed by atoms with Gasteiger partial charge in [-0.1, -0.05) is 38.1 Å². The van der Waals surface area contributed by atoms with E-state index >= 15 is 0 Å². The average molecular weight is 342 g/mol. The van der Waals surface area contributed by atoms with Crippen LogP contribution in [0.1, 0.15) is 49.0 Å². The molecule has 0 fully saturated rings. The summed E-state index contributed by atoms with van der Waals surface area (Å²) in [5.74, 6) is 3.17. The first-order chi connectivity index (χ1) is 12.0. The SMILES string of the molecule is CN=C(NCCCc1ccc(C(C)C)cc1)NCc1nnc(C)n1C. The summed E-state index contributed by atoms with van der Waals surface area (Å²) >= 11 is 0. The van der Waals surface area contributed by atoms with Crippen LogP contribution >= 0.6 is 0 Å². The zero-order valence-electron chi connectivity index (χ0n) is 16.0. The average Bonchev–Trinajstić information content (AvgIpc) is 2.93. The van der Waals surface area contributed by atoms with Crippen LogP contribution in [0.3, 0.4) is 0 Å². The maximum Gasteiger partial charge on any atom is 0.191 e. The second kappa shape index (κ2) is 9.20. The van der Waals surface area contributed by atoms with E-state index in [-0.39, 0.29) is 0 Å². The monoisotopic (exact) mass is 342 g/mol. The van der Waals surface area contributed by atoms with Crippen molar-refractivity contribution in [3.8, 4) is 0 Å². The van der Waals surface area contributed by atoms with E-state index in [2.05, 4.69) is 63.9 Å². The molecule has 1 aromatic carbocycles. The quantitative estimate of drug-likeness (QED) is 0.461. The standard InChI is InChI=1S/C19H30N6/c1-14(2)17-10-8-16(9-11-17)7-6-12-21-19(20-4)22-13-18-24-23-15(3)25(18)5/h8-11,14H,6-7,12-13H2,1-5H3,(H2,20,21,22). The Balaban J connectivity index is 1.71. The summed E-state index contributed by atoms with van der Waals surface area (Å²) in [7, 11) is 3.75. The predicted octanol–water partition coefficient (Wildman–Crippen LogP) is 2.54. The third-order valence-corrected chi connectivity index (χ3v) is 4.40. The van der Waals surface area contributed by atoms with Gasteiger partial charge in [-0.15, -0.1) is 10.2 Å². The second-order valence-corrected chi connectivity index (χ2v) is 6.57. The molecule has 0 saturated heterocycles. The van der Waals surface area contributed by atoms with Crippen molar-refractivity contribution >= 4 is 5.96 Å². The lowest BCUT2D eigenvalue weighted by Crippen LogP contribution is -2.38. The molecule has 6 nitrogen and oxygen atoms in total. The van der Waals surface area contributed by atoms with Gasteiger partial charge in [-0.25, -0.2) is 0 Å². The smallest absolute Gasteiger partial charge is 0.191 e. The predicted molar refractivity (Wildman–Crippen MR) is 103 cm³/mol. The van der Waals surface area contributed by atoms with E-state index in [4.69, 9.17) is 0 Å². The van der Waals surface area contributed by atoms with E-state index in [0.29, 0.717) is 12.5 Å². The van der Waals surface area contributed by atoms with Crippen LogP contribution in [0.15, 0.2) is 29.3 Å². The molecule has 0 aliphatic heterocycles. The summed E-state index contributed by atoms with van der Waals surface area (Å²) in [6.45, 7) is 7.87. The van der Waals surface area contributed by atoms with Gasteiger partial charge in [0.2, 0.25) is 0 Å². The molecule has 0 atom stereocenters. The minimum Gasteiger partial charge on any atom is -0.356 e. The lowest BCUT2D eigenvalue weighted by atomic mass is 10.0. The molecule has 0 bridgehead atoms. The Kier molecular flexibility index (Phi) is 6.98. The number of aryl methyl sites for hydroxylation is 2. The minimum absolute atomic E-state index is 0.586. The van der Waals surface area contributed by atoms with E-state index in [0.717, 1.165) is 37.0 Å². The Hall–Kier alpha value is -2.37. The highest BCUT2D eigenvalue weighted by atomic mass is 15.3. The van der Waals surface area contributed by atoms with Crippen molar-refractivity contribution in [2.75, 3.05) is 13.6 Å². The summed E-state index contributed by atoms with van der Waals surface area (Å²) in [6.07, 6.45) is 2.12. The molecule has 0 spiro atoms. The fourth-order valence-electron chi connectivity index (χ4n) is 2.56. The van der Waals surface area contributed by atoms with Gasteiger partial charge in [0.1, 0.15) is 5.82 Å². The number of rotatable bonds is 7. The maximum absolute atomic E-state index is 4.25. The van der Waals surface area contributed by atoms with E-state index < -0.39 is 0 Å². The lowest BCUT2D eigenvalue weighted by Gasteiger charge is -2.12. The fourth-order valence-corrected chi connectivity index (χ4v) is 2.56. The van der Waals surface area contributed by atoms with Gasteiger partial charge in [-0.05, 0) is 36.8 Å².